The van der Waals surface area contributed by atoms with E-state index in [-0.39, 0.29) is 5.50 Å². The average molecular weight is 470 g/mol. The monoisotopic (exact) mass is 469 g/mol. The van der Waals surface area contributed by atoms with Crippen LogP contribution in [0.5, 0.6) is 5.75 Å². The zero-order valence-electron chi connectivity index (χ0n) is 19.8. The molecule has 1 unspecified atom stereocenters. The minimum atomic E-state index is -0.436. The molecule has 0 saturated heterocycles. The van der Waals surface area contributed by atoms with Gasteiger partial charge in [-0.25, -0.2) is 4.79 Å². The number of aromatic nitrogens is 1. The van der Waals surface area contributed by atoms with Crippen molar-refractivity contribution in [2.75, 3.05) is 11.9 Å². The van der Waals surface area contributed by atoms with Gasteiger partial charge in [-0.3, -0.25) is 4.98 Å². The van der Waals surface area contributed by atoms with Crippen LogP contribution in [0.4, 0.5) is 5.69 Å². The van der Waals surface area contributed by atoms with Gasteiger partial charge in [0.1, 0.15) is 11.2 Å². The molecule has 0 fully saturated rings. The Morgan fingerprint density at radius 2 is 1.79 bits per heavy atom. The smallest absolute Gasteiger partial charge is 0.417 e. The molecule has 0 bridgehead atoms. The van der Waals surface area contributed by atoms with Gasteiger partial charge in [0.05, 0.1) is 17.8 Å². The van der Waals surface area contributed by atoms with Crippen LogP contribution in [0.15, 0.2) is 57.1 Å². The predicted octanol–water partition coefficient (Wildman–Crippen LogP) is 6.92. The molecule has 4 rings (SSSR count). The number of benzene rings is 2. The van der Waals surface area contributed by atoms with E-state index < -0.39 is 5.76 Å². The zero-order valence-corrected chi connectivity index (χ0v) is 20.6. The van der Waals surface area contributed by atoms with Crippen LogP contribution in [0.1, 0.15) is 64.9 Å². The number of hydrogen-bond acceptors (Lipinski definition) is 6. The molecule has 0 amide bonds. The van der Waals surface area contributed by atoms with Gasteiger partial charge in [-0.2, -0.15) is 0 Å². The Bertz CT molecular complexity index is 1070. The SMILES string of the molecule is CC.CCCCCCCCOc1ccc(NC2NC(c3ccc4[nH]c(=O)oc4c3)=CS2)cc1. The lowest BCUT2D eigenvalue weighted by molar-refractivity contribution is 0.304. The van der Waals surface area contributed by atoms with Crippen molar-refractivity contribution >= 4 is 34.2 Å². The second-order valence-electron chi connectivity index (χ2n) is 7.70. The van der Waals surface area contributed by atoms with Gasteiger partial charge in [-0.1, -0.05) is 70.7 Å². The van der Waals surface area contributed by atoms with Crippen molar-refractivity contribution in [1.29, 1.82) is 0 Å². The Kier molecular flexibility index (Phi) is 9.81. The molecule has 178 valence electrons. The molecule has 33 heavy (non-hydrogen) atoms. The first-order valence-corrected chi connectivity index (χ1v) is 12.9. The van der Waals surface area contributed by atoms with E-state index in [0.717, 1.165) is 35.7 Å². The van der Waals surface area contributed by atoms with Crippen molar-refractivity contribution in [3.8, 4) is 5.75 Å². The molecule has 3 aromatic rings. The first-order chi connectivity index (χ1) is 16.2. The standard InChI is InChI=1S/C24H29N3O3S.C2H6/c1-2-3-4-5-6-7-14-29-19-11-9-18(10-12-19)25-23-26-21(16-31-23)17-8-13-20-22(15-17)30-24(28)27-20;1-2/h8-13,15-16,23,25-26H,2-7,14H2,1H3,(H,27,28);1-2H3. The van der Waals surface area contributed by atoms with Gasteiger partial charge in [-0.05, 0) is 48.2 Å². The van der Waals surface area contributed by atoms with Gasteiger partial charge >= 0.3 is 5.76 Å². The second-order valence-corrected chi connectivity index (χ2v) is 8.68. The number of nitrogens with one attached hydrogen (secondary N) is 3. The summed E-state index contributed by atoms with van der Waals surface area (Å²) in [5, 5.41) is 9.00. The fourth-order valence-electron chi connectivity index (χ4n) is 3.55. The zero-order chi connectivity index (χ0) is 23.5. The van der Waals surface area contributed by atoms with Crippen molar-refractivity contribution in [1.82, 2.24) is 10.3 Å². The summed E-state index contributed by atoms with van der Waals surface area (Å²) in [6.45, 7) is 7.02. The van der Waals surface area contributed by atoms with E-state index in [4.69, 9.17) is 9.15 Å². The summed E-state index contributed by atoms with van der Waals surface area (Å²) in [7, 11) is 0. The lowest BCUT2D eigenvalue weighted by atomic mass is 10.1. The van der Waals surface area contributed by atoms with E-state index in [1.54, 1.807) is 11.8 Å². The van der Waals surface area contributed by atoms with Gasteiger partial charge in [0, 0.05) is 11.3 Å². The summed E-state index contributed by atoms with van der Waals surface area (Å²) >= 11 is 1.66. The average Bonchev–Trinajstić information content (AvgIpc) is 3.46. The number of fused-ring (bicyclic) bond motifs is 1. The fraction of sp³-hybridized carbons (Fsp3) is 0.423. The summed E-state index contributed by atoms with van der Waals surface area (Å²) in [6, 6.07) is 13.8. The summed E-state index contributed by atoms with van der Waals surface area (Å²) in [5.41, 5.74) is 4.28. The Balaban J connectivity index is 0.00000149. The number of hydrogen-bond donors (Lipinski definition) is 3. The van der Waals surface area contributed by atoms with Crippen LogP contribution in [-0.4, -0.2) is 17.1 Å². The molecule has 2 heterocycles. The van der Waals surface area contributed by atoms with Gasteiger partial charge in [0.15, 0.2) is 5.58 Å². The molecule has 0 spiro atoms. The molecule has 2 aromatic carbocycles. The Hall–Kier alpha value is -2.80. The third-order valence-electron chi connectivity index (χ3n) is 5.26. The maximum absolute atomic E-state index is 11.3. The number of aromatic amines is 1. The molecule has 1 aliphatic rings. The van der Waals surface area contributed by atoms with Crippen LogP contribution in [-0.2, 0) is 0 Å². The minimum Gasteiger partial charge on any atom is -0.494 e. The molecule has 0 saturated carbocycles. The second kappa shape index (κ2) is 13.0. The number of ether oxygens (including phenoxy) is 1. The van der Waals surface area contributed by atoms with Crippen LogP contribution in [0.3, 0.4) is 0 Å². The fourth-order valence-corrected chi connectivity index (χ4v) is 4.43. The van der Waals surface area contributed by atoms with E-state index in [1.807, 2.05) is 56.3 Å². The molecule has 3 N–H and O–H groups in total. The number of thioether (sulfide) groups is 1. The first-order valence-electron chi connectivity index (χ1n) is 12.0. The Morgan fingerprint density at radius 1 is 1.03 bits per heavy atom. The highest BCUT2D eigenvalue weighted by Gasteiger charge is 2.18. The molecule has 0 radical (unpaired) electrons. The lowest BCUT2D eigenvalue weighted by Crippen LogP contribution is -2.27. The van der Waals surface area contributed by atoms with Crippen molar-refractivity contribution in [3.63, 3.8) is 0 Å². The van der Waals surface area contributed by atoms with Crippen LogP contribution in [0, 0.1) is 0 Å². The number of rotatable bonds is 11. The number of oxazole rings is 1. The van der Waals surface area contributed by atoms with Crippen molar-refractivity contribution in [2.24, 2.45) is 0 Å². The summed E-state index contributed by atoms with van der Waals surface area (Å²) in [6.07, 6.45) is 7.60. The maximum atomic E-state index is 11.3. The minimum absolute atomic E-state index is 0.0267. The van der Waals surface area contributed by atoms with Gasteiger partial charge in [-0.15, -0.1) is 0 Å². The number of unbranched alkanes of at least 4 members (excludes halogenated alkanes) is 5. The van der Waals surface area contributed by atoms with Crippen LogP contribution in [0.2, 0.25) is 0 Å². The molecule has 1 aliphatic heterocycles. The van der Waals surface area contributed by atoms with Gasteiger partial charge in [0.2, 0.25) is 0 Å². The summed E-state index contributed by atoms with van der Waals surface area (Å²) in [4.78, 5) is 14.0. The molecular formula is C26H35N3O3S. The molecule has 6 nitrogen and oxygen atoms in total. The van der Waals surface area contributed by atoms with E-state index in [0.29, 0.717) is 11.1 Å². The first kappa shape index (κ1) is 24.8. The highest BCUT2D eigenvalue weighted by molar-refractivity contribution is 8.03. The van der Waals surface area contributed by atoms with Gasteiger partial charge < -0.3 is 19.8 Å². The Morgan fingerprint density at radius 3 is 2.58 bits per heavy atom. The summed E-state index contributed by atoms with van der Waals surface area (Å²) in [5.74, 6) is 0.472. The molecule has 1 aromatic heterocycles. The Labute approximate surface area is 200 Å². The van der Waals surface area contributed by atoms with Gasteiger partial charge in [0.25, 0.3) is 0 Å². The normalized spacial score (nSPS) is 14.9. The third kappa shape index (κ3) is 7.35. The predicted molar refractivity (Wildman–Crippen MR) is 140 cm³/mol. The van der Waals surface area contributed by atoms with Crippen molar-refractivity contribution < 1.29 is 9.15 Å². The quantitative estimate of drug-likeness (QED) is 0.265. The lowest BCUT2D eigenvalue weighted by Gasteiger charge is -2.16. The van der Waals surface area contributed by atoms with Crippen LogP contribution in [0.25, 0.3) is 16.8 Å². The van der Waals surface area contributed by atoms with E-state index in [9.17, 15) is 4.79 Å². The summed E-state index contributed by atoms with van der Waals surface area (Å²) < 4.78 is 11.0. The van der Waals surface area contributed by atoms with E-state index in [2.05, 4.69) is 27.9 Å². The largest absolute Gasteiger partial charge is 0.494 e. The topological polar surface area (TPSA) is 79.3 Å². The van der Waals surface area contributed by atoms with Crippen molar-refractivity contribution in [2.45, 2.75) is 64.8 Å². The highest BCUT2D eigenvalue weighted by atomic mass is 32.2. The maximum Gasteiger partial charge on any atom is 0.417 e. The van der Waals surface area contributed by atoms with Crippen LogP contribution >= 0.6 is 11.8 Å². The molecule has 1 atom stereocenters. The van der Waals surface area contributed by atoms with E-state index in [1.165, 1.54) is 32.1 Å². The third-order valence-corrected chi connectivity index (χ3v) is 6.14. The van der Waals surface area contributed by atoms with E-state index >= 15 is 0 Å². The highest BCUT2D eigenvalue weighted by Crippen LogP contribution is 2.30. The number of anilines is 1. The molecular weight excluding hydrogens is 434 g/mol. The van der Waals surface area contributed by atoms with Crippen LogP contribution < -0.4 is 21.1 Å². The molecule has 0 aliphatic carbocycles. The number of H-pyrrole nitrogens is 1. The van der Waals surface area contributed by atoms with Crippen molar-refractivity contribution in [3.05, 3.63) is 64.0 Å². The molecule has 7 heteroatoms.